The predicted molar refractivity (Wildman–Crippen MR) is 102 cm³/mol. The van der Waals surface area contributed by atoms with Crippen LogP contribution in [0.1, 0.15) is 30.5 Å². The van der Waals surface area contributed by atoms with Crippen molar-refractivity contribution >= 4 is 22.3 Å². The topological polar surface area (TPSA) is 47.0 Å². The van der Waals surface area contributed by atoms with E-state index in [9.17, 15) is 22.8 Å². The van der Waals surface area contributed by atoms with Gasteiger partial charge in [0, 0.05) is 20.0 Å². The van der Waals surface area contributed by atoms with E-state index in [2.05, 4.69) is 11.1 Å². The van der Waals surface area contributed by atoms with Crippen LogP contribution in [0.4, 0.5) is 13.2 Å². The quantitative estimate of drug-likeness (QED) is 0.299. The van der Waals surface area contributed by atoms with E-state index in [1.165, 1.54) is 32.2 Å². The molecule has 1 aromatic heterocycles. The van der Waals surface area contributed by atoms with E-state index in [1.54, 1.807) is 6.07 Å². The van der Waals surface area contributed by atoms with Crippen LogP contribution < -0.4 is 0 Å². The number of nitrogens with zero attached hydrogens (tertiary/aromatic N) is 1. The standard InChI is InChI=1S/C18H13F3N.C4H6O2.Os/c1-11-8-12(2)10-13(9-11)17-15-4-3-5-16(18(19,20)21)14(15)6-7-22-17;1-3(5)4(2)6;/h3-9H,1-2H3;1-2H3;/q-1;;+1. The van der Waals surface area contributed by atoms with Crippen LogP contribution in [0.5, 0.6) is 0 Å². The van der Waals surface area contributed by atoms with Gasteiger partial charge in [0.25, 0.3) is 0 Å². The molecular formula is C22H19F3NO2Os. The van der Waals surface area contributed by atoms with Gasteiger partial charge in [-0.25, -0.2) is 0 Å². The molecule has 0 saturated heterocycles. The predicted octanol–water partition coefficient (Wildman–Crippen LogP) is 5.50. The van der Waals surface area contributed by atoms with Crippen LogP contribution in [-0.4, -0.2) is 16.6 Å². The first kappa shape index (κ1) is 24.7. The second-order valence-corrected chi connectivity index (χ2v) is 6.42. The molecule has 0 aliphatic rings. The van der Waals surface area contributed by atoms with Crippen molar-refractivity contribution in [1.29, 1.82) is 0 Å². The number of ketones is 2. The normalized spacial score (nSPS) is 10.6. The molecule has 0 saturated carbocycles. The van der Waals surface area contributed by atoms with Crippen molar-refractivity contribution in [3.63, 3.8) is 0 Å². The van der Waals surface area contributed by atoms with Crippen molar-refractivity contribution in [3.8, 4) is 11.3 Å². The van der Waals surface area contributed by atoms with Crippen molar-refractivity contribution in [3.05, 3.63) is 65.4 Å². The maximum atomic E-state index is 13.2. The zero-order chi connectivity index (χ0) is 21.1. The molecule has 0 spiro atoms. The van der Waals surface area contributed by atoms with Gasteiger partial charge in [0.15, 0.2) is 11.6 Å². The average Bonchev–Trinajstić information content (AvgIpc) is 2.59. The number of aryl methyl sites for hydroxylation is 2. The summed E-state index contributed by atoms with van der Waals surface area (Å²) in [4.78, 5) is 23.9. The Balaban J connectivity index is 0.000000529. The van der Waals surface area contributed by atoms with Crippen LogP contribution in [-0.2, 0) is 35.6 Å². The van der Waals surface area contributed by atoms with Gasteiger partial charge in [0.2, 0.25) is 0 Å². The van der Waals surface area contributed by atoms with Gasteiger partial charge in [-0.1, -0.05) is 26.0 Å². The van der Waals surface area contributed by atoms with Crippen LogP contribution in [0, 0.1) is 19.9 Å². The largest absolute Gasteiger partial charge is 1.00 e. The first-order valence-corrected chi connectivity index (χ1v) is 8.48. The fourth-order valence-corrected chi connectivity index (χ4v) is 2.69. The maximum Gasteiger partial charge on any atom is 1.00 e. The van der Waals surface area contributed by atoms with Gasteiger partial charge in [0.1, 0.15) is 0 Å². The Morgan fingerprint density at radius 1 is 0.966 bits per heavy atom. The van der Waals surface area contributed by atoms with Gasteiger partial charge >= 0.3 is 26.0 Å². The number of hydrogen-bond acceptors (Lipinski definition) is 3. The molecule has 3 aromatic rings. The zero-order valence-corrected chi connectivity index (χ0v) is 18.8. The number of Topliss-reactive ketones (excluding diaryl/α,β-unsaturated/α-hetero) is 2. The number of halogens is 3. The molecule has 29 heavy (non-hydrogen) atoms. The van der Waals surface area contributed by atoms with E-state index >= 15 is 0 Å². The van der Waals surface area contributed by atoms with E-state index in [0.29, 0.717) is 16.6 Å². The Kier molecular flexibility index (Phi) is 8.41. The Labute approximate surface area is 180 Å². The summed E-state index contributed by atoms with van der Waals surface area (Å²) in [5, 5.41) is 0.645. The molecule has 0 fully saturated rings. The number of hydrogen-bond donors (Lipinski definition) is 0. The van der Waals surface area contributed by atoms with Gasteiger partial charge in [-0.3, -0.25) is 9.59 Å². The minimum atomic E-state index is -4.38. The van der Waals surface area contributed by atoms with E-state index in [4.69, 9.17) is 0 Å². The molecule has 3 rings (SSSR count). The minimum Gasteiger partial charge on any atom is -0.304 e. The van der Waals surface area contributed by atoms with Crippen LogP contribution in [0.15, 0.2) is 42.6 Å². The molecule has 0 amide bonds. The monoisotopic (exact) mass is 578 g/mol. The average molecular weight is 577 g/mol. The summed E-state index contributed by atoms with van der Waals surface area (Å²) >= 11 is 0. The smallest absolute Gasteiger partial charge is 0.304 e. The molecule has 0 N–H and O–H groups in total. The number of alkyl halides is 3. The van der Waals surface area contributed by atoms with Crippen molar-refractivity contribution in [2.45, 2.75) is 33.9 Å². The fraction of sp³-hybridized carbons (Fsp3) is 0.227. The van der Waals surface area contributed by atoms with Crippen molar-refractivity contribution in [2.24, 2.45) is 0 Å². The molecule has 3 nitrogen and oxygen atoms in total. The SMILES string of the molecule is CC(=O)C(C)=O.Cc1[c-]c(-c2nccc3c(C(F)(F)F)cccc23)cc(C)c1.[Os+]. The summed E-state index contributed by atoms with van der Waals surface area (Å²) in [7, 11) is 0. The van der Waals surface area contributed by atoms with Crippen molar-refractivity contribution < 1.29 is 42.6 Å². The van der Waals surface area contributed by atoms with E-state index in [0.717, 1.165) is 17.2 Å². The number of fused-ring (bicyclic) bond motifs is 1. The molecule has 2 aromatic carbocycles. The molecule has 1 radical (unpaired) electrons. The molecule has 1 heterocycles. The van der Waals surface area contributed by atoms with E-state index in [-0.39, 0.29) is 36.7 Å². The molecule has 0 atom stereocenters. The van der Waals surface area contributed by atoms with Gasteiger partial charge in [-0.15, -0.1) is 34.9 Å². The Hall–Kier alpha value is -2.38. The summed E-state index contributed by atoms with van der Waals surface area (Å²) in [5.41, 5.74) is 2.55. The van der Waals surface area contributed by atoms with Crippen LogP contribution in [0.25, 0.3) is 22.0 Å². The van der Waals surface area contributed by atoms with Crippen molar-refractivity contribution in [2.75, 3.05) is 0 Å². The minimum absolute atomic E-state index is 0. The first-order chi connectivity index (χ1) is 13.0. The number of benzene rings is 2. The molecular weight excluding hydrogens is 557 g/mol. The van der Waals surface area contributed by atoms with Gasteiger partial charge in [-0.05, 0) is 28.6 Å². The summed E-state index contributed by atoms with van der Waals surface area (Å²) in [6.45, 7) is 6.35. The summed E-state index contributed by atoms with van der Waals surface area (Å²) in [5.74, 6) is -0.759. The molecule has 7 heteroatoms. The zero-order valence-electron chi connectivity index (χ0n) is 16.3. The summed E-state index contributed by atoms with van der Waals surface area (Å²) < 4.78 is 39.5. The number of carbonyl (C=O) groups is 2. The second kappa shape index (κ2) is 9.89. The molecule has 0 bridgehead atoms. The van der Waals surface area contributed by atoms with E-state index < -0.39 is 11.7 Å². The Bertz CT molecular complexity index is 1010. The summed E-state index contributed by atoms with van der Waals surface area (Å²) in [6.07, 6.45) is -2.97. The van der Waals surface area contributed by atoms with Gasteiger partial charge in [-0.2, -0.15) is 13.2 Å². The summed E-state index contributed by atoms with van der Waals surface area (Å²) in [6, 6.07) is 12.6. The number of pyridine rings is 1. The van der Waals surface area contributed by atoms with Gasteiger partial charge < -0.3 is 4.98 Å². The van der Waals surface area contributed by atoms with Crippen LogP contribution in [0.3, 0.4) is 0 Å². The molecule has 0 unspecified atom stereocenters. The third-order valence-corrected chi connectivity index (χ3v) is 4.01. The number of aromatic nitrogens is 1. The maximum absolute atomic E-state index is 13.2. The Morgan fingerprint density at radius 3 is 2.10 bits per heavy atom. The Morgan fingerprint density at radius 2 is 1.59 bits per heavy atom. The van der Waals surface area contributed by atoms with Crippen LogP contribution in [0.2, 0.25) is 0 Å². The molecule has 0 aliphatic heterocycles. The number of carbonyl (C=O) groups excluding carboxylic acids is 2. The van der Waals surface area contributed by atoms with Gasteiger partial charge in [0.05, 0.1) is 5.56 Å². The fourth-order valence-electron chi connectivity index (χ4n) is 2.69. The first-order valence-electron chi connectivity index (χ1n) is 8.48. The van der Waals surface area contributed by atoms with Crippen molar-refractivity contribution in [1.82, 2.24) is 4.98 Å². The van der Waals surface area contributed by atoms with E-state index in [1.807, 2.05) is 26.0 Å². The third kappa shape index (κ3) is 6.30. The molecule has 153 valence electrons. The molecule has 0 aliphatic carbocycles. The van der Waals surface area contributed by atoms with Crippen LogP contribution >= 0.6 is 0 Å². The third-order valence-electron chi connectivity index (χ3n) is 4.01. The number of rotatable bonds is 2. The second-order valence-electron chi connectivity index (χ2n) is 6.42.